The van der Waals surface area contributed by atoms with Crippen LogP contribution in [0.3, 0.4) is 0 Å². The fourth-order valence-electron chi connectivity index (χ4n) is 2.99. The summed E-state index contributed by atoms with van der Waals surface area (Å²) in [5.41, 5.74) is 2.66. The first kappa shape index (κ1) is 26.6. The van der Waals surface area contributed by atoms with E-state index in [9.17, 15) is 19.2 Å². The van der Waals surface area contributed by atoms with Gasteiger partial charge in [-0.15, -0.1) is 0 Å². The van der Waals surface area contributed by atoms with Gasteiger partial charge in [-0.2, -0.15) is 0 Å². The Morgan fingerprint density at radius 1 is 0.853 bits per heavy atom. The lowest BCUT2D eigenvalue weighted by atomic mass is 10.1. The number of para-hydroxylation sites is 1. The average molecular weight is 469 g/mol. The number of carbonyl (C=O) groups is 4. The Labute approximate surface area is 200 Å². The number of ether oxygens (including phenoxy) is 2. The molecule has 2 amide bonds. The third-order valence-electron chi connectivity index (χ3n) is 4.77. The number of carbonyl (C=O) groups excluding carboxylic acids is 4. The Balaban J connectivity index is 1.66. The van der Waals surface area contributed by atoms with Crippen molar-refractivity contribution in [1.82, 2.24) is 0 Å². The lowest BCUT2D eigenvalue weighted by Gasteiger charge is -2.10. The largest absolute Gasteiger partial charge is 0.462 e. The molecule has 0 aliphatic rings. The minimum absolute atomic E-state index is 0.0311. The van der Waals surface area contributed by atoms with Gasteiger partial charge in [0.1, 0.15) is 0 Å². The second kappa shape index (κ2) is 13.8. The molecule has 0 radical (unpaired) electrons. The van der Waals surface area contributed by atoms with Crippen molar-refractivity contribution in [2.75, 3.05) is 23.8 Å². The predicted octanol–water partition coefficient (Wildman–Crippen LogP) is 4.35. The van der Waals surface area contributed by atoms with Crippen LogP contribution in [0.25, 0.3) is 0 Å². The van der Waals surface area contributed by atoms with Crippen molar-refractivity contribution in [3.8, 4) is 0 Å². The standard InChI is InChI=1S/C26H32N2O6/c1-4-19-8-5-6-9-22(19)28-23(29)10-7-11-25(31)33-17-24(30)27-21-14-12-20(13-15-21)26(32)34-16-18(2)3/h5-6,8-9,12-15,18H,4,7,10-11,16-17H2,1-3H3,(H,27,30)(H,28,29). The van der Waals surface area contributed by atoms with Crippen molar-refractivity contribution in [2.24, 2.45) is 5.92 Å². The minimum Gasteiger partial charge on any atom is -0.462 e. The van der Waals surface area contributed by atoms with E-state index in [0.29, 0.717) is 24.3 Å². The molecule has 8 heteroatoms. The molecule has 0 saturated carbocycles. The Morgan fingerprint density at radius 3 is 2.24 bits per heavy atom. The van der Waals surface area contributed by atoms with Crippen LogP contribution in [0, 0.1) is 5.92 Å². The van der Waals surface area contributed by atoms with Crippen molar-refractivity contribution < 1.29 is 28.7 Å². The molecule has 0 aromatic heterocycles. The predicted molar refractivity (Wildman–Crippen MR) is 129 cm³/mol. The van der Waals surface area contributed by atoms with Crippen molar-refractivity contribution >= 4 is 35.1 Å². The second-order valence-corrected chi connectivity index (χ2v) is 8.19. The van der Waals surface area contributed by atoms with Crippen molar-refractivity contribution in [3.05, 3.63) is 59.7 Å². The average Bonchev–Trinajstić information content (AvgIpc) is 2.82. The van der Waals surface area contributed by atoms with Gasteiger partial charge in [-0.25, -0.2) is 4.79 Å². The Bertz CT molecular complexity index is 985. The number of amides is 2. The molecule has 182 valence electrons. The molecule has 0 bridgehead atoms. The Kier molecular flexibility index (Phi) is 10.8. The van der Waals surface area contributed by atoms with Crippen molar-refractivity contribution in [3.63, 3.8) is 0 Å². The van der Waals surface area contributed by atoms with Gasteiger partial charge in [0, 0.05) is 24.2 Å². The third-order valence-corrected chi connectivity index (χ3v) is 4.77. The van der Waals surface area contributed by atoms with Crippen molar-refractivity contribution in [1.29, 1.82) is 0 Å². The molecule has 2 aromatic carbocycles. The lowest BCUT2D eigenvalue weighted by Crippen LogP contribution is -2.21. The summed E-state index contributed by atoms with van der Waals surface area (Å²) in [6.45, 7) is 5.80. The van der Waals surface area contributed by atoms with Gasteiger partial charge in [0.05, 0.1) is 12.2 Å². The van der Waals surface area contributed by atoms with E-state index in [-0.39, 0.29) is 24.7 Å². The fourth-order valence-corrected chi connectivity index (χ4v) is 2.99. The number of benzene rings is 2. The van der Waals surface area contributed by atoms with Crippen LogP contribution in [0.1, 0.15) is 56.0 Å². The normalized spacial score (nSPS) is 10.5. The molecule has 0 atom stereocenters. The highest BCUT2D eigenvalue weighted by molar-refractivity contribution is 5.94. The first-order chi connectivity index (χ1) is 16.3. The minimum atomic E-state index is -0.555. The van der Waals surface area contributed by atoms with Crippen LogP contribution in [0.4, 0.5) is 11.4 Å². The van der Waals surface area contributed by atoms with Crippen LogP contribution in [-0.4, -0.2) is 37.0 Å². The van der Waals surface area contributed by atoms with Gasteiger partial charge in [-0.3, -0.25) is 14.4 Å². The molecule has 8 nitrogen and oxygen atoms in total. The summed E-state index contributed by atoms with van der Waals surface area (Å²) in [5.74, 6) is -1.42. The van der Waals surface area contributed by atoms with E-state index in [1.807, 2.05) is 45.0 Å². The maximum absolute atomic E-state index is 12.1. The molecule has 2 N–H and O–H groups in total. The first-order valence-electron chi connectivity index (χ1n) is 11.4. The molecule has 0 spiro atoms. The van der Waals surface area contributed by atoms with E-state index < -0.39 is 24.5 Å². The van der Waals surface area contributed by atoms with Crippen LogP contribution >= 0.6 is 0 Å². The summed E-state index contributed by atoms with van der Waals surface area (Å²) >= 11 is 0. The number of esters is 2. The molecular weight excluding hydrogens is 436 g/mol. The number of anilines is 2. The molecule has 0 aliphatic heterocycles. The maximum atomic E-state index is 12.1. The third kappa shape index (κ3) is 9.44. The fraction of sp³-hybridized carbons (Fsp3) is 0.385. The zero-order chi connectivity index (χ0) is 24.9. The Morgan fingerprint density at radius 2 is 1.56 bits per heavy atom. The highest BCUT2D eigenvalue weighted by atomic mass is 16.5. The quantitative estimate of drug-likeness (QED) is 0.448. The summed E-state index contributed by atoms with van der Waals surface area (Å²) in [7, 11) is 0. The second-order valence-electron chi connectivity index (χ2n) is 8.19. The van der Waals surface area contributed by atoms with E-state index in [1.165, 1.54) is 0 Å². The number of nitrogens with one attached hydrogen (secondary N) is 2. The van der Waals surface area contributed by atoms with Gasteiger partial charge in [-0.1, -0.05) is 39.0 Å². The molecule has 0 fully saturated rings. The first-order valence-corrected chi connectivity index (χ1v) is 11.4. The summed E-state index contributed by atoms with van der Waals surface area (Å²) in [5, 5.41) is 5.44. The zero-order valence-electron chi connectivity index (χ0n) is 19.9. The van der Waals surface area contributed by atoms with Gasteiger partial charge in [0.2, 0.25) is 5.91 Å². The van der Waals surface area contributed by atoms with E-state index in [0.717, 1.165) is 17.7 Å². The highest BCUT2D eigenvalue weighted by Gasteiger charge is 2.12. The molecule has 0 unspecified atom stereocenters. The van der Waals surface area contributed by atoms with Crippen LogP contribution in [0.5, 0.6) is 0 Å². The Hall–Kier alpha value is -3.68. The molecule has 0 heterocycles. The molecule has 0 saturated heterocycles. The smallest absolute Gasteiger partial charge is 0.338 e. The van der Waals surface area contributed by atoms with Gasteiger partial charge < -0.3 is 20.1 Å². The van der Waals surface area contributed by atoms with Gasteiger partial charge in [0.25, 0.3) is 5.91 Å². The molecule has 0 aliphatic carbocycles. The van der Waals surface area contributed by atoms with Crippen LogP contribution in [-0.2, 0) is 30.3 Å². The summed E-state index contributed by atoms with van der Waals surface area (Å²) in [4.78, 5) is 47.9. The van der Waals surface area contributed by atoms with Crippen LogP contribution in [0.15, 0.2) is 48.5 Å². The van der Waals surface area contributed by atoms with Crippen LogP contribution in [0.2, 0.25) is 0 Å². The van der Waals surface area contributed by atoms with E-state index in [4.69, 9.17) is 9.47 Å². The van der Waals surface area contributed by atoms with Gasteiger partial charge >= 0.3 is 11.9 Å². The molecule has 34 heavy (non-hydrogen) atoms. The van der Waals surface area contributed by atoms with Crippen LogP contribution < -0.4 is 10.6 Å². The summed E-state index contributed by atoms with van der Waals surface area (Å²) < 4.78 is 10.1. The van der Waals surface area contributed by atoms with E-state index in [1.54, 1.807) is 24.3 Å². The SMILES string of the molecule is CCc1ccccc1NC(=O)CCCC(=O)OCC(=O)Nc1ccc(C(=O)OCC(C)C)cc1. The highest BCUT2D eigenvalue weighted by Crippen LogP contribution is 2.16. The monoisotopic (exact) mass is 468 g/mol. The molecule has 2 aromatic rings. The van der Waals surface area contributed by atoms with Gasteiger partial charge in [-0.05, 0) is 54.7 Å². The topological polar surface area (TPSA) is 111 Å². The lowest BCUT2D eigenvalue weighted by molar-refractivity contribution is -0.147. The molecular formula is C26H32N2O6. The maximum Gasteiger partial charge on any atom is 0.338 e. The number of rotatable bonds is 12. The van der Waals surface area contributed by atoms with E-state index >= 15 is 0 Å². The zero-order valence-corrected chi connectivity index (χ0v) is 19.9. The number of hydrogen-bond acceptors (Lipinski definition) is 6. The summed E-state index contributed by atoms with van der Waals surface area (Å²) in [6.07, 6.45) is 1.32. The van der Waals surface area contributed by atoms with E-state index in [2.05, 4.69) is 10.6 Å². The number of hydrogen-bond donors (Lipinski definition) is 2. The summed E-state index contributed by atoms with van der Waals surface area (Å²) in [6, 6.07) is 13.8. The van der Waals surface area contributed by atoms with Gasteiger partial charge in [0.15, 0.2) is 6.61 Å². The molecule has 2 rings (SSSR count). The van der Waals surface area contributed by atoms with Crippen molar-refractivity contribution in [2.45, 2.75) is 46.5 Å². The number of aryl methyl sites for hydroxylation is 1.